The summed E-state index contributed by atoms with van der Waals surface area (Å²) in [5.41, 5.74) is 17.7. The summed E-state index contributed by atoms with van der Waals surface area (Å²) < 4.78 is 1.27. The zero-order chi connectivity index (χ0) is 39.7. The van der Waals surface area contributed by atoms with E-state index in [2.05, 4.69) is 241 Å². The minimum atomic E-state index is -0.574. The SMILES string of the molecule is c1ccc(C2(c3ccccc3)c3ccccc3-c3cc(N(c4ccc5ccsc5c4)c4cccc5c4C(c4ccccc4)(c4ccccc4)c4ccccc4-5)ccc32)cc1. The van der Waals surface area contributed by atoms with Crippen molar-refractivity contribution in [2.75, 3.05) is 4.90 Å². The molecule has 0 fully saturated rings. The van der Waals surface area contributed by atoms with Crippen LogP contribution in [0.4, 0.5) is 17.1 Å². The summed E-state index contributed by atoms with van der Waals surface area (Å²) in [6.45, 7) is 0. The largest absolute Gasteiger partial charge is 0.310 e. The molecule has 0 bridgehead atoms. The zero-order valence-corrected chi connectivity index (χ0v) is 33.7. The summed E-state index contributed by atoms with van der Waals surface area (Å²) in [7, 11) is 0. The van der Waals surface area contributed by atoms with Crippen molar-refractivity contribution < 1.29 is 0 Å². The molecule has 0 atom stereocenters. The molecule has 2 heteroatoms. The average Bonchev–Trinajstić information content (AvgIpc) is 4.01. The van der Waals surface area contributed by atoms with Gasteiger partial charge in [0.1, 0.15) is 0 Å². The van der Waals surface area contributed by atoms with Gasteiger partial charge in [0.15, 0.2) is 0 Å². The van der Waals surface area contributed by atoms with Crippen molar-refractivity contribution in [3.8, 4) is 22.3 Å². The molecule has 1 aromatic heterocycles. The van der Waals surface area contributed by atoms with Gasteiger partial charge in [-0.2, -0.15) is 0 Å². The lowest BCUT2D eigenvalue weighted by Crippen LogP contribution is -2.30. The van der Waals surface area contributed by atoms with Crippen molar-refractivity contribution in [1.82, 2.24) is 0 Å². The molecule has 9 aromatic carbocycles. The molecule has 0 aliphatic heterocycles. The molecular formula is C58H39NS. The van der Waals surface area contributed by atoms with Crippen molar-refractivity contribution in [3.63, 3.8) is 0 Å². The molecule has 1 nitrogen and oxygen atoms in total. The zero-order valence-electron chi connectivity index (χ0n) is 32.9. The minimum absolute atomic E-state index is 0.473. The number of anilines is 3. The van der Waals surface area contributed by atoms with Gasteiger partial charge in [-0.3, -0.25) is 0 Å². The smallest absolute Gasteiger partial charge is 0.0734 e. The van der Waals surface area contributed by atoms with Gasteiger partial charge in [-0.1, -0.05) is 194 Å². The first-order valence-electron chi connectivity index (χ1n) is 20.8. The van der Waals surface area contributed by atoms with E-state index in [9.17, 15) is 0 Å². The van der Waals surface area contributed by atoms with Gasteiger partial charge in [0, 0.05) is 21.6 Å². The van der Waals surface area contributed by atoms with E-state index in [4.69, 9.17) is 0 Å². The predicted molar refractivity (Wildman–Crippen MR) is 251 cm³/mol. The molecule has 2 aliphatic rings. The highest BCUT2D eigenvalue weighted by atomic mass is 32.1. The first kappa shape index (κ1) is 34.8. The molecule has 0 N–H and O–H groups in total. The molecular weight excluding hydrogens is 743 g/mol. The van der Waals surface area contributed by atoms with E-state index in [0.29, 0.717) is 0 Å². The van der Waals surface area contributed by atoms with Crippen LogP contribution in [-0.4, -0.2) is 0 Å². The van der Waals surface area contributed by atoms with Crippen molar-refractivity contribution in [3.05, 3.63) is 280 Å². The minimum Gasteiger partial charge on any atom is -0.310 e. The lowest BCUT2D eigenvalue weighted by molar-refractivity contribution is 0.767. The Morgan fingerprint density at radius 1 is 0.333 bits per heavy atom. The van der Waals surface area contributed by atoms with Crippen LogP contribution in [0.3, 0.4) is 0 Å². The van der Waals surface area contributed by atoms with Gasteiger partial charge in [-0.15, -0.1) is 11.3 Å². The van der Waals surface area contributed by atoms with Crippen molar-refractivity contribution in [2.24, 2.45) is 0 Å². The molecule has 0 amide bonds. The van der Waals surface area contributed by atoms with E-state index in [-0.39, 0.29) is 0 Å². The Balaban J connectivity index is 1.18. The highest BCUT2D eigenvalue weighted by Gasteiger charge is 2.49. The van der Waals surface area contributed by atoms with E-state index in [1.165, 1.54) is 76.8 Å². The lowest BCUT2D eigenvalue weighted by Gasteiger charge is -2.38. The quantitative estimate of drug-likeness (QED) is 0.156. The van der Waals surface area contributed by atoms with Crippen LogP contribution in [0.15, 0.2) is 236 Å². The topological polar surface area (TPSA) is 3.24 Å². The van der Waals surface area contributed by atoms with E-state index < -0.39 is 10.8 Å². The Morgan fingerprint density at radius 3 is 1.42 bits per heavy atom. The molecule has 2 aliphatic carbocycles. The van der Waals surface area contributed by atoms with E-state index >= 15 is 0 Å². The number of nitrogens with zero attached hydrogens (tertiary/aromatic N) is 1. The van der Waals surface area contributed by atoms with E-state index in [1.54, 1.807) is 11.3 Å². The second-order valence-electron chi connectivity index (χ2n) is 16.0. The summed E-state index contributed by atoms with van der Waals surface area (Å²) in [6, 6.07) is 85.9. The molecule has 60 heavy (non-hydrogen) atoms. The fourth-order valence-electron chi connectivity index (χ4n) is 10.8. The number of hydrogen-bond donors (Lipinski definition) is 0. The Kier molecular flexibility index (Phi) is 7.91. The van der Waals surface area contributed by atoms with Gasteiger partial charge in [-0.25, -0.2) is 0 Å². The summed E-state index contributed by atoms with van der Waals surface area (Å²) in [6.07, 6.45) is 0. The fourth-order valence-corrected chi connectivity index (χ4v) is 11.6. The number of benzene rings is 9. The van der Waals surface area contributed by atoms with Gasteiger partial charge in [0.25, 0.3) is 0 Å². The lowest BCUT2D eigenvalue weighted by atomic mass is 9.67. The summed E-state index contributed by atoms with van der Waals surface area (Å²) in [5, 5.41) is 3.46. The van der Waals surface area contributed by atoms with Crippen LogP contribution in [-0.2, 0) is 10.8 Å². The third-order valence-electron chi connectivity index (χ3n) is 13.1. The van der Waals surface area contributed by atoms with Crippen LogP contribution in [0.2, 0.25) is 0 Å². The van der Waals surface area contributed by atoms with Gasteiger partial charge < -0.3 is 4.90 Å². The maximum Gasteiger partial charge on any atom is 0.0734 e. The van der Waals surface area contributed by atoms with Gasteiger partial charge in [0.2, 0.25) is 0 Å². The molecule has 0 unspecified atom stereocenters. The molecule has 0 spiro atoms. The normalized spacial score (nSPS) is 13.9. The molecule has 0 radical (unpaired) electrons. The Morgan fingerprint density at radius 2 is 0.800 bits per heavy atom. The molecule has 10 aromatic rings. The van der Waals surface area contributed by atoms with Crippen LogP contribution >= 0.6 is 11.3 Å². The van der Waals surface area contributed by atoms with Crippen LogP contribution in [0.1, 0.15) is 44.5 Å². The third-order valence-corrected chi connectivity index (χ3v) is 14.0. The second-order valence-corrected chi connectivity index (χ2v) is 16.9. The van der Waals surface area contributed by atoms with Gasteiger partial charge in [0.05, 0.1) is 16.5 Å². The number of hydrogen-bond acceptors (Lipinski definition) is 2. The summed E-state index contributed by atoms with van der Waals surface area (Å²) >= 11 is 1.80. The Hall–Kier alpha value is -7.26. The maximum atomic E-state index is 2.54. The highest BCUT2D eigenvalue weighted by Crippen LogP contribution is 2.61. The highest BCUT2D eigenvalue weighted by molar-refractivity contribution is 7.17. The van der Waals surface area contributed by atoms with Gasteiger partial charge >= 0.3 is 0 Å². The molecule has 0 saturated carbocycles. The summed E-state index contributed by atoms with van der Waals surface area (Å²) in [4.78, 5) is 2.54. The van der Waals surface area contributed by atoms with Crippen LogP contribution in [0.25, 0.3) is 32.3 Å². The average molecular weight is 782 g/mol. The monoisotopic (exact) mass is 781 g/mol. The van der Waals surface area contributed by atoms with Crippen molar-refractivity contribution in [2.45, 2.75) is 10.8 Å². The van der Waals surface area contributed by atoms with Crippen LogP contribution < -0.4 is 4.90 Å². The Bertz CT molecular complexity index is 3120. The predicted octanol–water partition coefficient (Wildman–Crippen LogP) is 15.1. The molecule has 0 saturated heterocycles. The maximum absolute atomic E-state index is 2.54. The van der Waals surface area contributed by atoms with Crippen LogP contribution in [0.5, 0.6) is 0 Å². The van der Waals surface area contributed by atoms with Crippen molar-refractivity contribution in [1.29, 1.82) is 0 Å². The van der Waals surface area contributed by atoms with E-state index in [0.717, 1.165) is 17.1 Å². The first-order valence-corrected chi connectivity index (χ1v) is 21.6. The summed E-state index contributed by atoms with van der Waals surface area (Å²) in [5.74, 6) is 0. The van der Waals surface area contributed by atoms with Crippen molar-refractivity contribution >= 4 is 38.5 Å². The van der Waals surface area contributed by atoms with E-state index in [1.807, 2.05) is 0 Å². The third kappa shape index (κ3) is 4.86. The number of thiophene rings is 1. The second kappa shape index (κ2) is 13.7. The molecule has 1 heterocycles. The fraction of sp³-hybridized carbons (Fsp3) is 0.0345. The standard InChI is InChI=1S/C58H39NS/c1-5-18-41(19-6-1)57(42-20-7-2-8-21-42)51-29-15-14-27-48(51)50-38-45(34-35-53(50)57)59(46-33-32-40-36-37-60-55(40)39-46)54-31-17-28-49-47-26-13-16-30-52(47)58(56(49)54,43-22-9-3-10-23-43)44-24-11-4-12-25-44/h1-39H. The Labute approximate surface area is 355 Å². The van der Waals surface area contributed by atoms with Crippen LogP contribution in [0, 0.1) is 0 Å². The number of fused-ring (bicyclic) bond motifs is 7. The number of rotatable bonds is 7. The molecule has 12 rings (SSSR count). The first-order chi connectivity index (χ1) is 29.8. The van der Waals surface area contributed by atoms with Gasteiger partial charge in [-0.05, 0) is 108 Å². The molecule has 282 valence electrons.